The summed E-state index contributed by atoms with van der Waals surface area (Å²) in [6.45, 7) is 8.23. The summed E-state index contributed by atoms with van der Waals surface area (Å²) in [6, 6.07) is 7.97. The number of fused-ring (bicyclic) bond motifs is 1. The van der Waals surface area contributed by atoms with Gasteiger partial charge in [0.2, 0.25) is 5.12 Å². The van der Waals surface area contributed by atoms with Crippen molar-refractivity contribution in [2.45, 2.75) is 25.5 Å². The largest absolute Gasteiger partial charge is 0.481 e. The fourth-order valence-electron chi connectivity index (χ4n) is 3.82. The average Bonchev–Trinajstić information content (AvgIpc) is 2.85. The van der Waals surface area contributed by atoms with Crippen LogP contribution in [0, 0.1) is 0 Å². The van der Waals surface area contributed by atoms with Crippen molar-refractivity contribution >= 4 is 45.1 Å². The van der Waals surface area contributed by atoms with E-state index in [2.05, 4.69) is 26.9 Å². The van der Waals surface area contributed by atoms with Crippen molar-refractivity contribution in [1.82, 2.24) is 9.88 Å². The maximum atomic E-state index is 11.8. The maximum Gasteiger partial charge on any atom is 0.219 e. The highest BCUT2D eigenvalue weighted by Gasteiger charge is 2.29. The molecule has 2 aromatic rings. The predicted octanol–water partition coefficient (Wildman–Crippen LogP) is 4.31. The molecule has 1 aromatic carbocycles. The Morgan fingerprint density at radius 2 is 2.11 bits per heavy atom. The van der Waals surface area contributed by atoms with Crippen molar-refractivity contribution in [1.29, 1.82) is 0 Å². The molecule has 2 aliphatic rings. The number of carbonyl (C=O) groups excluding carboxylic acids is 1. The number of thioether (sulfide) groups is 1. The van der Waals surface area contributed by atoms with Gasteiger partial charge in [0, 0.05) is 54.0 Å². The number of anilines is 1. The molecule has 4 rings (SSSR count). The van der Waals surface area contributed by atoms with Crippen LogP contribution in [0.4, 0.5) is 5.69 Å². The molecule has 0 saturated carbocycles. The zero-order chi connectivity index (χ0) is 19.7. The number of aromatic nitrogens is 1. The van der Waals surface area contributed by atoms with E-state index in [1.54, 1.807) is 0 Å². The first-order valence-corrected chi connectivity index (χ1v) is 10.8. The number of pyridine rings is 1. The van der Waals surface area contributed by atoms with Gasteiger partial charge < -0.3 is 9.64 Å². The molecule has 0 aliphatic carbocycles. The molecule has 1 aromatic heterocycles. The number of hydrogen-bond acceptors (Lipinski definition) is 6. The molecule has 3 heterocycles. The summed E-state index contributed by atoms with van der Waals surface area (Å²) in [6.07, 6.45) is 2.91. The number of hydrogen-bond donors (Lipinski definition) is 0. The predicted molar refractivity (Wildman–Crippen MR) is 116 cm³/mol. The first-order valence-electron chi connectivity index (χ1n) is 9.59. The maximum absolute atomic E-state index is 11.8. The van der Waals surface area contributed by atoms with Crippen LogP contribution in [0.25, 0.3) is 10.9 Å². The first-order chi connectivity index (χ1) is 13.5. The fourth-order valence-corrected chi connectivity index (χ4v) is 4.93. The minimum atomic E-state index is 0.117. The number of rotatable bonds is 4. The van der Waals surface area contributed by atoms with Gasteiger partial charge in [-0.2, -0.15) is 0 Å². The molecular formula is C21H24ClN3O2S. The van der Waals surface area contributed by atoms with Crippen molar-refractivity contribution in [3.05, 3.63) is 46.8 Å². The third-order valence-corrected chi connectivity index (χ3v) is 6.67. The Labute approximate surface area is 174 Å². The Morgan fingerprint density at radius 1 is 1.25 bits per heavy atom. The molecule has 1 atom stereocenters. The molecule has 148 valence electrons. The van der Waals surface area contributed by atoms with Crippen molar-refractivity contribution in [2.75, 3.05) is 37.8 Å². The summed E-state index contributed by atoms with van der Waals surface area (Å²) in [7, 11) is 0. The summed E-state index contributed by atoms with van der Waals surface area (Å²) in [4.78, 5) is 21.0. The molecule has 0 bridgehead atoms. The second kappa shape index (κ2) is 8.31. The minimum absolute atomic E-state index is 0.117. The van der Waals surface area contributed by atoms with Gasteiger partial charge >= 0.3 is 0 Å². The third-order valence-electron chi connectivity index (χ3n) is 5.34. The van der Waals surface area contributed by atoms with E-state index >= 15 is 0 Å². The lowest BCUT2D eigenvalue weighted by Gasteiger charge is -2.25. The second-order valence-electron chi connectivity index (χ2n) is 7.26. The molecule has 0 radical (unpaired) electrons. The highest BCUT2D eigenvalue weighted by molar-refractivity contribution is 8.15. The fraction of sp³-hybridized carbons (Fsp3) is 0.429. The molecule has 0 spiro atoms. The van der Waals surface area contributed by atoms with Gasteiger partial charge in [-0.25, -0.2) is 0 Å². The number of ether oxygens (including phenoxy) is 1. The average molecular weight is 418 g/mol. The van der Waals surface area contributed by atoms with Crippen molar-refractivity contribution < 1.29 is 9.53 Å². The lowest BCUT2D eigenvalue weighted by atomic mass is 10.1. The standard InChI is InChI=1S/C21H24ClN3O2S/c1-14-20(15(2)28-21(14)26)27-13-24-8-3-9-25(11-10-24)19-6-7-23-18-12-16(22)4-5-17(18)19/h4-7,12,15H,3,8-11,13H2,1-2H3. The Bertz CT molecular complexity index is 933. The second-order valence-corrected chi connectivity index (χ2v) is 9.01. The lowest BCUT2D eigenvalue weighted by molar-refractivity contribution is -0.107. The first kappa shape index (κ1) is 19.6. The van der Waals surface area contributed by atoms with E-state index in [1.165, 1.54) is 17.4 Å². The number of carbonyl (C=O) groups is 1. The van der Waals surface area contributed by atoms with Crippen LogP contribution >= 0.6 is 23.4 Å². The van der Waals surface area contributed by atoms with Crippen molar-refractivity contribution in [2.24, 2.45) is 0 Å². The van der Waals surface area contributed by atoms with E-state index in [0.29, 0.717) is 11.8 Å². The molecule has 1 saturated heterocycles. The van der Waals surface area contributed by atoms with Gasteiger partial charge in [0.15, 0.2) is 0 Å². The topological polar surface area (TPSA) is 45.7 Å². The summed E-state index contributed by atoms with van der Waals surface area (Å²) < 4.78 is 6.04. The van der Waals surface area contributed by atoms with Crippen LogP contribution in [0.2, 0.25) is 5.02 Å². The number of nitrogens with zero attached hydrogens (tertiary/aromatic N) is 3. The summed E-state index contributed by atoms with van der Waals surface area (Å²) >= 11 is 7.47. The van der Waals surface area contributed by atoms with Crippen LogP contribution in [0.1, 0.15) is 20.3 Å². The molecule has 0 amide bonds. The van der Waals surface area contributed by atoms with Crippen LogP contribution in [-0.4, -0.2) is 53.2 Å². The number of halogens is 1. The van der Waals surface area contributed by atoms with Crippen molar-refractivity contribution in [3.63, 3.8) is 0 Å². The molecule has 1 fully saturated rings. The highest BCUT2D eigenvalue weighted by Crippen LogP contribution is 2.34. The van der Waals surface area contributed by atoms with Crippen LogP contribution < -0.4 is 4.90 Å². The molecule has 7 heteroatoms. The number of benzene rings is 1. The van der Waals surface area contributed by atoms with Gasteiger partial charge in [0.1, 0.15) is 12.5 Å². The third kappa shape index (κ3) is 4.00. The highest BCUT2D eigenvalue weighted by atomic mass is 35.5. The quantitative estimate of drug-likeness (QED) is 0.738. The van der Waals surface area contributed by atoms with E-state index in [-0.39, 0.29) is 10.4 Å². The molecule has 0 N–H and O–H groups in total. The van der Waals surface area contributed by atoms with Gasteiger partial charge in [-0.15, -0.1) is 0 Å². The van der Waals surface area contributed by atoms with Gasteiger partial charge in [-0.1, -0.05) is 23.4 Å². The molecule has 1 unspecified atom stereocenters. The Kier molecular flexibility index (Phi) is 5.80. The normalized spacial score (nSPS) is 21.5. The van der Waals surface area contributed by atoms with E-state index in [0.717, 1.165) is 54.8 Å². The zero-order valence-electron chi connectivity index (χ0n) is 16.2. The molecule has 28 heavy (non-hydrogen) atoms. The summed E-state index contributed by atoms with van der Waals surface area (Å²) in [5.41, 5.74) is 2.89. The van der Waals surface area contributed by atoms with Gasteiger partial charge in [-0.05, 0) is 44.5 Å². The van der Waals surface area contributed by atoms with E-state index in [9.17, 15) is 4.79 Å². The molecular weight excluding hydrogens is 394 g/mol. The van der Waals surface area contributed by atoms with Crippen molar-refractivity contribution in [3.8, 4) is 0 Å². The Morgan fingerprint density at radius 3 is 2.89 bits per heavy atom. The van der Waals surface area contributed by atoms with Gasteiger partial charge in [0.05, 0.1) is 10.8 Å². The van der Waals surface area contributed by atoms with Gasteiger partial charge in [-0.3, -0.25) is 14.7 Å². The SMILES string of the molecule is CC1=C(OCN2CCCN(c3ccnc4cc(Cl)ccc34)CC2)C(C)SC1=O. The molecule has 5 nitrogen and oxygen atoms in total. The smallest absolute Gasteiger partial charge is 0.219 e. The Hall–Kier alpha value is -1.76. The minimum Gasteiger partial charge on any atom is -0.481 e. The van der Waals surface area contributed by atoms with Crippen LogP contribution in [0.15, 0.2) is 41.8 Å². The van der Waals surface area contributed by atoms with Gasteiger partial charge in [0.25, 0.3) is 0 Å². The van der Waals surface area contributed by atoms with Crippen LogP contribution in [0.5, 0.6) is 0 Å². The monoisotopic (exact) mass is 417 g/mol. The summed E-state index contributed by atoms with van der Waals surface area (Å²) in [5, 5.41) is 2.09. The van der Waals surface area contributed by atoms with Crippen LogP contribution in [0.3, 0.4) is 0 Å². The zero-order valence-corrected chi connectivity index (χ0v) is 17.7. The Balaban J connectivity index is 1.43. The van der Waals surface area contributed by atoms with E-state index < -0.39 is 0 Å². The lowest BCUT2D eigenvalue weighted by Crippen LogP contribution is -2.32. The van der Waals surface area contributed by atoms with E-state index in [4.69, 9.17) is 16.3 Å². The molecule has 2 aliphatic heterocycles. The van der Waals surface area contributed by atoms with E-state index in [1.807, 2.05) is 32.2 Å². The van der Waals surface area contributed by atoms with Crippen LogP contribution in [-0.2, 0) is 9.53 Å². The summed E-state index contributed by atoms with van der Waals surface area (Å²) in [5.74, 6) is 0.841.